The molecule has 2 radical (unpaired) electrons. The van der Waals surface area contributed by atoms with Crippen LogP contribution in [0.5, 0.6) is 0 Å². The van der Waals surface area contributed by atoms with Crippen LogP contribution in [-0.4, -0.2) is 42.3 Å². The number of fused-ring (bicyclic) bond motifs is 12. The Morgan fingerprint density at radius 2 is 0.500 bits per heavy atom. The fourth-order valence-electron chi connectivity index (χ4n) is 10.4. The molecule has 0 atom stereocenters. The summed E-state index contributed by atoms with van der Waals surface area (Å²) in [5.41, 5.74) is 27.1. The van der Waals surface area contributed by atoms with E-state index in [2.05, 4.69) is 225 Å². The second kappa shape index (κ2) is 37.7. The molecule has 0 nitrogen and oxygen atoms in total. The number of benzene rings is 8. The molecule has 6 heteroatoms. The maximum atomic E-state index is 3.43. The second-order valence-corrected chi connectivity index (χ2v) is 30.5. The van der Waals surface area contributed by atoms with Crippen molar-refractivity contribution in [1.29, 1.82) is 0 Å². The molecule has 0 heterocycles. The van der Waals surface area contributed by atoms with Gasteiger partial charge in [0, 0.05) is 51.7 Å². The fourth-order valence-corrected chi connectivity index (χ4v) is 20.0. The smallest absolute Gasteiger partial charge is 0 e. The van der Waals surface area contributed by atoms with Crippen LogP contribution in [0.2, 0.25) is 17.7 Å². The molecule has 0 amide bonds. The Bertz CT molecular complexity index is 2630. The topological polar surface area (TPSA) is 0 Å². The Kier molecular flexibility index (Phi) is 33.8. The first-order valence-corrected chi connectivity index (χ1v) is 37.6. The van der Waals surface area contributed by atoms with E-state index in [-0.39, 0.29) is 119 Å². The van der Waals surface area contributed by atoms with Gasteiger partial charge in [-0.05, 0) is 25.7 Å². The number of hydrogen-bond acceptors (Lipinski definition) is 0. The van der Waals surface area contributed by atoms with Crippen molar-refractivity contribution in [2.24, 2.45) is 0 Å². The Morgan fingerprint density at radius 3 is 0.705 bits per heavy atom. The molecule has 8 aromatic carbocycles. The largest absolute Gasteiger partial charge is 1.00 e. The molecule has 4 aliphatic rings. The minimum Gasteiger partial charge on any atom is -1.00 e. The van der Waals surface area contributed by atoms with E-state index < -0.39 is 0 Å². The van der Waals surface area contributed by atoms with E-state index in [1.807, 2.05) is 0 Å². The predicted octanol–water partition coefficient (Wildman–Crippen LogP) is 13.2. The first kappa shape index (κ1) is 69.9. The third-order valence-electron chi connectivity index (χ3n) is 14.4. The molecule has 0 bridgehead atoms. The van der Waals surface area contributed by atoms with Crippen molar-refractivity contribution in [1.82, 2.24) is 0 Å². The zero-order chi connectivity index (χ0) is 52.1. The summed E-state index contributed by atoms with van der Waals surface area (Å²) in [7, 11) is 0. The average molecular weight is 1610 g/mol. The average Bonchev–Trinajstić information content (AvgIpc) is 4.18. The van der Waals surface area contributed by atoms with Gasteiger partial charge in [0.2, 0.25) is 0 Å². The van der Waals surface area contributed by atoms with Gasteiger partial charge >= 0.3 is 139 Å². The van der Waals surface area contributed by atoms with Crippen LogP contribution in [0.3, 0.4) is 0 Å². The van der Waals surface area contributed by atoms with E-state index in [0.717, 1.165) is 25.7 Å². The third-order valence-corrected chi connectivity index (χ3v) is 23.8. The molecule has 4 aliphatic carbocycles. The van der Waals surface area contributed by atoms with Crippen molar-refractivity contribution in [3.63, 3.8) is 0 Å². The van der Waals surface area contributed by atoms with Crippen molar-refractivity contribution in [3.05, 3.63) is 237 Å². The molecule has 406 valence electrons. The predicted molar refractivity (Wildman–Crippen MR) is 326 cm³/mol. The van der Waals surface area contributed by atoms with Gasteiger partial charge in [0.15, 0.2) is 0 Å². The molecule has 0 saturated carbocycles. The van der Waals surface area contributed by atoms with Crippen LogP contribution in [0.1, 0.15) is 146 Å². The number of rotatable bonds is 12. The zero-order valence-electron chi connectivity index (χ0n) is 48.1. The van der Waals surface area contributed by atoms with Crippen molar-refractivity contribution in [2.75, 3.05) is 0 Å². The SMILES string of the molecule is CCC[CH2][SnH][CH2]CCC.CCC[CH2][SnH][CH2]CCC.Cc1[c-]c2c(cc1)-c1ccccc1C2.Cc1[c-]c2c(cc1)-c1ccccc1C2.Cc1[c-]c2c(cc1)-c1ccccc1C2.Cc1[c-]c2c(cc1)-c1ccccc1C2.[Cl-].[Cl-].[Hf].[Hf]. The van der Waals surface area contributed by atoms with Crippen LogP contribution in [0.4, 0.5) is 0 Å². The molecule has 12 rings (SSSR count). The fraction of sp³-hybridized carbons (Fsp3) is 0.333. The molecule has 0 fully saturated rings. The van der Waals surface area contributed by atoms with Gasteiger partial charge in [-0.1, -0.05) is 169 Å². The maximum Gasteiger partial charge on any atom is 0 e. The van der Waals surface area contributed by atoms with Gasteiger partial charge in [-0.2, -0.15) is 95.1 Å². The van der Waals surface area contributed by atoms with E-state index in [9.17, 15) is 0 Å². The zero-order valence-corrected chi connectivity index (χ0v) is 63.4. The number of hydrogen-bond donors (Lipinski definition) is 0. The van der Waals surface area contributed by atoms with E-state index in [1.54, 1.807) is 17.7 Å². The van der Waals surface area contributed by atoms with Gasteiger partial charge in [-0.25, -0.2) is 0 Å². The Labute approximate surface area is 543 Å². The molecule has 78 heavy (non-hydrogen) atoms. The number of halogens is 2. The normalized spacial score (nSPS) is 11.2. The summed E-state index contributed by atoms with van der Waals surface area (Å²) in [6.45, 7) is 17.6. The van der Waals surface area contributed by atoms with Crippen molar-refractivity contribution >= 4 is 42.3 Å². The van der Waals surface area contributed by atoms with Gasteiger partial charge in [0.1, 0.15) is 0 Å². The Balaban J connectivity index is 0.000000246. The minimum atomic E-state index is -0.00469. The molecule has 0 aromatic heterocycles. The first-order chi connectivity index (χ1) is 36.2. The summed E-state index contributed by atoms with van der Waals surface area (Å²) in [6, 6.07) is 65.6. The van der Waals surface area contributed by atoms with Crippen molar-refractivity contribution in [2.45, 2.75) is 150 Å². The number of aryl methyl sites for hydroxylation is 4. The molecular formula is C72H82Cl2Hf2Sn2-6. The Morgan fingerprint density at radius 1 is 0.295 bits per heavy atom. The standard InChI is InChI=1S/4C14H11.4C4H9.2ClH.2Hf.2Sn.2H/c4*1-10-6-7-14-12(8-10)9-11-4-2-3-5-13(11)14;4*1-3-4-2;;;;;;;;/h4*2-7H,9H2,1H3;4*1,3-4H2,2H3;2*1H;;;;;;/q4*-1;;;;;;;;;;;;/p-2. The van der Waals surface area contributed by atoms with Gasteiger partial charge in [-0.15, -0.1) is 44.5 Å². The van der Waals surface area contributed by atoms with Crippen molar-refractivity contribution in [3.8, 4) is 44.5 Å². The van der Waals surface area contributed by atoms with Crippen LogP contribution in [0.25, 0.3) is 44.5 Å². The molecule has 0 N–H and O–H groups in total. The summed E-state index contributed by atoms with van der Waals surface area (Å²) < 4.78 is 6.58. The summed E-state index contributed by atoms with van der Waals surface area (Å²) in [5.74, 6) is 0. The summed E-state index contributed by atoms with van der Waals surface area (Å²) in [6.07, 6.45) is 15.9. The molecule has 0 saturated heterocycles. The monoisotopic (exact) mass is 1620 g/mol. The van der Waals surface area contributed by atoms with Crippen LogP contribution in [-0.2, 0) is 77.4 Å². The Hall–Kier alpha value is -2.32. The molecule has 0 unspecified atom stereocenters. The van der Waals surface area contributed by atoms with Crippen LogP contribution >= 0.6 is 0 Å². The van der Waals surface area contributed by atoms with E-state index in [1.165, 1.54) is 163 Å². The third kappa shape index (κ3) is 20.5. The van der Waals surface area contributed by atoms with Crippen LogP contribution < -0.4 is 24.8 Å². The minimum absolute atomic E-state index is 0. The van der Waals surface area contributed by atoms with Gasteiger partial charge in [-0.3, -0.25) is 0 Å². The van der Waals surface area contributed by atoms with Gasteiger partial charge in [0.05, 0.1) is 0 Å². The summed E-state index contributed by atoms with van der Waals surface area (Å²) in [5, 5.41) is 0. The van der Waals surface area contributed by atoms with E-state index in [0.29, 0.717) is 0 Å². The molecule has 8 aromatic rings. The van der Waals surface area contributed by atoms with E-state index >= 15 is 0 Å². The molecule has 0 spiro atoms. The number of unbranched alkanes of at least 4 members (excludes halogenated alkanes) is 4. The molecule has 0 aliphatic heterocycles. The first-order valence-electron chi connectivity index (χ1n) is 28.2. The summed E-state index contributed by atoms with van der Waals surface area (Å²) in [4.78, 5) is 0. The summed E-state index contributed by atoms with van der Waals surface area (Å²) >= 11 is -0.00938. The van der Waals surface area contributed by atoms with Crippen LogP contribution in [0.15, 0.2) is 146 Å². The maximum absolute atomic E-state index is 3.43. The quantitative estimate of drug-likeness (QED) is 0.0650. The van der Waals surface area contributed by atoms with E-state index in [4.69, 9.17) is 0 Å². The van der Waals surface area contributed by atoms with Gasteiger partial charge in [0.25, 0.3) is 0 Å². The molecular weight excluding hydrogens is 1530 g/mol. The second-order valence-electron chi connectivity index (χ2n) is 20.6. The van der Waals surface area contributed by atoms with Gasteiger partial charge < -0.3 is 24.8 Å². The van der Waals surface area contributed by atoms with Crippen molar-refractivity contribution < 1.29 is 76.5 Å². The van der Waals surface area contributed by atoms with Crippen LogP contribution in [0, 0.1) is 52.0 Å².